The van der Waals surface area contributed by atoms with Crippen LogP contribution in [0.2, 0.25) is 0 Å². The van der Waals surface area contributed by atoms with Gasteiger partial charge in [0, 0.05) is 15.5 Å². The molecule has 1 N–H and O–H groups in total. The molecule has 0 aliphatic rings. The van der Waals surface area contributed by atoms with E-state index in [9.17, 15) is 9.18 Å². The molecule has 110 valence electrons. The third-order valence-corrected chi connectivity index (χ3v) is 3.90. The van der Waals surface area contributed by atoms with Gasteiger partial charge in [0.1, 0.15) is 5.82 Å². The molecule has 2 aromatic rings. The Morgan fingerprint density at radius 2 is 2.05 bits per heavy atom. The van der Waals surface area contributed by atoms with Crippen LogP contribution in [0.15, 0.2) is 45.3 Å². The smallest absolute Gasteiger partial charge is 0.340 e. The van der Waals surface area contributed by atoms with Gasteiger partial charge in [0.25, 0.3) is 0 Å². The molecule has 0 aromatic heterocycles. The predicted octanol–water partition coefficient (Wildman–Crippen LogP) is 4.75. The second kappa shape index (κ2) is 7.04. The van der Waals surface area contributed by atoms with Gasteiger partial charge in [0.15, 0.2) is 0 Å². The molecule has 3 nitrogen and oxygen atoms in total. The van der Waals surface area contributed by atoms with Crippen LogP contribution in [-0.2, 0) is 11.3 Å². The molecule has 0 saturated heterocycles. The van der Waals surface area contributed by atoms with Crippen molar-refractivity contribution in [1.82, 2.24) is 0 Å². The Balaban J connectivity index is 2.28. The Kier molecular flexibility index (Phi) is 5.36. The Hall–Kier alpha value is -1.40. The number of methoxy groups -OCH3 is 1. The van der Waals surface area contributed by atoms with Crippen LogP contribution in [0.1, 0.15) is 15.9 Å². The predicted molar refractivity (Wildman–Crippen MR) is 86.9 cm³/mol. The van der Waals surface area contributed by atoms with Crippen molar-refractivity contribution in [3.63, 3.8) is 0 Å². The van der Waals surface area contributed by atoms with E-state index in [1.807, 2.05) is 6.07 Å². The van der Waals surface area contributed by atoms with E-state index in [2.05, 4.69) is 37.2 Å². The quantitative estimate of drug-likeness (QED) is 0.731. The Morgan fingerprint density at radius 3 is 2.71 bits per heavy atom. The molecule has 0 radical (unpaired) electrons. The number of carbonyl (C=O) groups is 1. The summed E-state index contributed by atoms with van der Waals surface area (Å²) >= 11 is 6.74. The molecule has 0 atom stereocenters. The molecule has 0 unspecified atom stereocenters. The minimum absolute atomic E-state index is 0.294. The minimum atomic E-state index is -0.446. The fraction of sp³-hybridized carbons (Fsp3) is 0.133. The van der Waals surface area contributed by atoms with Crippen LogP contribution in [-0.4, -0.2) is 13.1 Å². The lowest BCUT2D eigenvalue weighted by atomic mass is 10.1. The van der Waals surface area contributed by atoms with Gasteiger partial charge < -0.3 is 10.1 Å². The summed E-state index contributed by atoms with van der Waals surface area (Å²) in [6.07, 6.45) is 0. The molecular formula is C15H12Br2FNO2. The van der Waals surface area contributed by atoms with Crippen molar-refractivity contribution < 1.29 is 13.9 Å². The minimum Gasteiger partial charge on any atom is -0.465 e. The van der Waals surface area contributed by atoms with E-state index >= 15 is 0 Å². The molecule has 21 heavy (non-hydrogen) atoms. The molecule has 2 rings (SSSR count). The average molecular weight is 417 g/mol. The van der Waals surface area contributed by atoms with Gasteiger partial charge in [-0.05, 0) is 45.8 Å². The van der Waals surface area contributed by atoms with Crippen LogP contribution in [0.4, 0.5) is 10.1 Å². The monoisotopic (exact) mass is 415 g/mol. The molecule has 0 bridgehead atoms. The number of ether oxygens (including phenoxy) is 1. The van der Waals surface area contributed by atoms with Gasteiger partial charge in [-0.15, -0.1) is 0 Å². The van der Waals surface area contributed by atoms with Crippen molar-refractivity contribution in [1.29, 1.82) is 0 Å². The van der Waals surface area contributed by atoms with Crippen LogP contribution in [0.5, 0.6) is 0 Å². The fourth-order valence-corrected chi connectivity index (χ4v) is 3.23. The number of carbonyl (C=O) groups excluding carboxylic acids is 1. The number of nitrogens with one attached hydrogen (secondary N) is 1. The topological polar surface area (TPSA) is 38.3 Å². The highest BCUT2D eigenvalue weighted by atomic mass is 79.9. The van der Waals surface area contributed by atoms with E-state index in [1.54, 1.807) is 18.2 Å². The van der Waals surface area contributed by atoms with E-state index in [4.69, 9.17) is 4.74 Å². The summed E-state index contributed by atoms with van der Waals surface area (Å²) in [5.41, 5.74) is 1.78. The van der Waals surface area contributed by atoms with Crippen molar-refractivity contribution in [2.75, 3.05) is 12.4 Å². The Labute approximate surface area is 138 Å². The number of benzene rings is 2. The SMILES string of the molecule is COC(=O)c1cc(Br)cc(Br)c1NCc1cccc(F)c1. The molecule has 0 aliphatic heterocycles. The first kappa shape index (κ1) is 16.0. The summed E-state index contributed by atoms with van der Waals surface area (Å²) in [5, 5.41) is 3.13. The van der Waals surface area contributed by atoms with E-state index in [0.29, 0.717) is 22.3 Å². The second-order valence-electron chi connectivity index (χ2n) is 4.29. The number of rotatable bonds is 4. The van der Waals surface area contributed by atoms with Crippen LogP contribution >= 0.6 is 31.9 Å². The fourth-order valence-electron chi connectivity index (χ4n) is 1.86. The van der Waals surface area contributed by atoms with Crippen molar-refractivity contribution in [3.05, 3.63) is 62.3 Å². The molecular weight excluding hydrogens is 405 g/mol. The van der Waals surface area contributed by atoms with Crippen LogP contribution in [0, 0.1) is 5.82 Å². The van der Waals surface area contributed by atoms with E-state index < -0.39 is 5.97 Å². The third kappa shape index (κ3) is 4.04. The number of hydrogen-bond donors (Lipinski definition) is 1. The molecule has 6 heteroatoms. The standard InChI is InChI=1S/C15H12Br2FNO2/c1-21-15(20)12-6-10(16)7-13(17)14(12)19-8-9-3-2-4-11(18)5-9/h2-7,19H,8H2,1H3. The van der Waals surface area contributed by atoms with E-state index in [1.165, 1.54) is 19.2 Å². The van der Waals surface area contributed by atoms with E-state index in [-0.39, 0.29) is 5.82 Å². The van der Waals surface area contributed by atoms with Gasteiger partial charge in [0.2, 0.25) is 0 Å². The average Bonchev–Trinajstić information content (AvgIpc) is 2.45. The normalized spacial score (nSPS) is 10.3. The third-order valence-electron chi connectivity index (χ3n) is 2.82. The van der Waals surface area contributed by atoms with Crippen molar-refractivity contribution in [3.8, 4) is 0 Å². The van der Waals surface area contributed by atoms with Crippen LogP contribution < -0.4 is 5.32 Å². The molecule has 0 saturated carbocycles. The van der Waals surface area contributed by atoms with Crippen LogP contribution in [0.3, 0.4) is 0 Å². The first-order valence-electron chi connectivity index (χ1n) is 6.07. The van der Waals surface area contributed by atoms with Gasteiger partial charge in [-0.1, -0.05) is 28.1 Å². The second-order valence-corrected chi connectivity index (χ2v) is 6.06. The van der Waals surface area contributed by atoms with Gasteiger partial charge in [-0.2, -0.15) is 0 Å². The molecule has 0 amide bonds. The Bertz CT molecular complexity index is 677. The molecule has 2 aromatic carbocycles. The van der Waals surface area contributed by atoms with Crippen LogP contribution in [0.25, 0.3) is 0 Å². The molecule has 0 fully saturated rings. The van der Waals surface area contributed by atoms with Gasteiger partial charge in [0.05, 0.1) is 18.4 Å². The van der Waals surface area contributed by atoms with Gasteiger partial charge >= 0.3 is 5.97 Å². The van der Waals surface area contributed by atoms with E-state index in [0.717, 1.165) is 10.0 Å². The first-order chi connectivity index (χ1) is 10.0. The van der Waals surface area contributed by atoms with Gasteiger partial charge in [-0.3, -0.25) is 0 Å². The maximum atomic E-state index is 13.2. The van der Waals surface area contributed by atoms with Crippen molar-refractivity contribution >= 4 is 43.5 Å². The lowest BCUT2D eigenvalue weighted by molar-refractivity contribution is 0.0601. The largest absolute Gasteiger partial charge is 0.465 e. The lowest BCUT2D eigenvalue weighted by Crippen LogP contribution is -2.09. The number of halogens is 3. The summed E-state index contributed by atoms with van der Waals surface area (Å²) in [7, 11) is 1.33. The highest BCUT2D eigenvalue weighted by Gasteiger charge is 2.16. The van der Waals surface area contributed by atoms with Crippen molar-refractivity contribution in [2.45, 2.75) is 6.54 Å². The number of hydrogen-bond acceptors (Lipinski definition) is 3. The Morgan fingerprint density at radius 1 is 1.29 bits per heavy atom. The highest BCUT2D eigenvalue weighted by molar-refractivity contribution is 9.11. The lowest BCUT2D eigenvalue weighted by Gasteiger charge is -2.13. The summed E-state index contributed by atoms with van der Waals surface area (Å²) in [6.45, 7) is 0.391. The van der Waals surface area contributed by atoms with Crippen molar-refractivity contribution in [2.24, 2.45) is 0 Å². The zero-order valence-corrected chi connectivity index (χ0v) is 14.3. The zero-order chi connectivity index (χ0) is 15.4. The molecule has 0 heterocycles. The first-order valence-corrected chi connectivity index (χ1v) is 7.65. The summed E-state index contributed by atoms with van der Waals surface area (Å²) < 4.78 is 19.4. The zero-order valence-electron chi connectivity index (χ0n) is 11.1. The number of esters is 1. The van der Waals surface area contributed by atoms with Gasteiger partial charge in [-0.25, -0.2) is 9.18 Å². The maximum absolute atomic E-state index is 13.2. The maximum Gasteiger partial charge on any atom is 0.340 e. The summed E-state index contributed by atoms with van der Waals surface area (Å²) in [4.78, 5) is 11.8. The summed E-state index contributed by atoms with van der Waals surface area (Å²) in [6, 6.07) is 9.77. The molecule has 0 aliphatic carbocycles. The molecule has 0 spiro atoms. The highest BCUT2D eigenvalue weighted by Crippen LogP contribution is 2.31. The summed E-state index contributed by atoms with van der Waals surface area (Å²) in [5.74, 6) is -0.740. The number of anilines is 1.